The average Bonchev–Trinajstić information content (AvgIpc) is 2.89. The molecular weight excluding hydrogens is 368 g/mol. The molecule has 2 rings (SSSR count). The number of rotatable bonds is 8. The summed E-state index contributed by atoms with van der Waals surface area (Å²) in [6, 6.07) is 8.32. The SMILES string of the molecule is O=C(N[C@H](CCS(=O)(=O)O)CC1C[C@@H](F)[C@@H](F)C1)OCc1ccccc1. The van der Waals surface area contributed by atoms with Crippen LogP contribution in [0.1, 0.15) is 31.2 Å². The van der Waals surface area contributed by atoms with E-state index in [2.05, 4.69) is 5.32 Å². The van der Waals surface area contributed by atoms with Gasteiger partial charge in [0, 0.05) is 6.04 Å². The molecule has 0 heterocycles. The Hall–Kier alpha value is -1.74. The Morgan fingerprint density at radius 3 is 2.42 bits per heavy atom. The molecule has 0 radical (unpaired) electrons. The molecule has 1 aromatic carbocycles. The third-order valence-electron chi connectivity index (χ3n) is 4.39. The number of carbonyl (C=O) groups excluding carboxylic acids is 1. The number of alkyl carbamates (subject to hydrolysis) is 1. The Morgan fingerprint density at radius 2 is 1.85 bits per heavy atom. The van der Waals surface area contributed by atoms with E-state index in [1.54, 1.807) is 24.3 Å². The van der Waals surface area contributed by atoms with E-state index in [4.69, 9.17) is 9.29 Å². The minimum atomic E-state index is -4.21. The molecule has 1 saturated carbocycles. The van der Waals surface area contributed by atoms with Crippen molar-refractivity contribution in [2.24, 2.45) is 5.92 Å². The van der Waals surface area contributed by atoms with Crippen molar-refractivity contribution in [2.75, 3.05) is 5.75 Å². The number of hydrogen-bond acceptors (Lipinski definition) is 4. The summed E-state index contributed by atoms with van der Waals surface area (Å²) in [6.07, 6.45) is -3.60. The van der Waals surface area contributed by atoms with E-state index in [9.17, 15) is 22.0 Å². The molecule has 1 fully saturated rings. The molecule has 1 aliphatic carbocycles. The highest BCUT2D eigenvalue weighted by Gasteiger charge is 2.36. The number of nitrogens with one attached hydrogen (secondary N) is 1. The van der Waals surface area contributed by atoms with Gasteiger partial charge in [-0.1, -0.05) is 30.3 Å². The number of amides is 1. The van der Waals surface area contributed by atoms with Gasteiger partial charge in [0.05, 0.1) is 5.75 Å². The van der Waals surface area contributed by atoms with Gasteiger partial charge in [0.1, 0.15) is 19.0 Å². The molecule has 0 aromatic heterocycles. The summed E-state index contributed by atoms with van der Waals surface area (Å²) in [5, 5.41) is 2.53. The largest absolute Gasteiger partial charge is 0.445 e. The molecule has 6 nitrogen and oxygen atoms in total. The van der Waals surface area contributed by atoms with Crippen LogP contribution in [0.4, 0.5) is 13.6 Å². The topological polar surface area (TPSA) is 92.7 Å². The molecule has 4 atom stereocenters. The van der Waals surface area contributed by atoms with Gasteiger partial charge in [0.15, 0.2) is 0 Å². The highest BCUT2D eigenvalue weighted by molar-refractivity contribution is 7.85. The van der Waals surface area contributed by atoms with Crippen molar-refractivity contribution in [1.29, 1.82) is 0 Å². The van der Waals surface area contributed by atoms with Crippen molar-refractivity contribution in [3.05, 3.63) is 35.9 Å². The van der Waals surface area contributed by atoms with E-state index in [-0.39, 0.29) is 38.2 Å². The van der Waals surface area contributed by atoms with Gasteiger partial charge in [0.2, 0.25) is 0 Å². The summed E-state index contributed by atoms with van der Waals surface area (Å²) in [5.74, 6) is -0.859. The van der Waals surface area contributed by atoms with Crippen molar-refractivity contribution in [3.63, 3.8) is 0 Å². The van der Waals surface area contributed by atoms with Crippen LogP contribution in [0.15, 0.2) is 30.3 Å². The quantitative estimate of drug-likeness (QED) is 0.665. The maximum absolute atomic E-state index is 13.3. The molecule has 9 heteroatoms. The van der Waals surface area contributed by atoms with Gasteiger partial charge < -0.3 is 10.1 Å². The molecule has 1 aromatic rings. The summed E-state index contributed by atoms with van der Waals surface area (Å²) in [4.78, 5) is 12.0. The fraction of sp³-hybridized carbons (Fsp3) is 0.588. The zero-order chi connectivity index (χ0) is 19.2. The van der Waals surface area contributed by atoms with Crippen LogP contribution < -0.4 is 5.32 Å². The first-order valence-electron chi connectivity index (χ1n) is 8.43. The Kier molecular flexibility index (Phi) is 7.33. The van der Waals surface area contributed by atoms with Crippen molar-refractivity contribution >= 4 is 16.2 Å². The Bertz CT molecular complexity index is 676. The van der Waals surface area contributed by atoms with Crippen molar-refractivity contribution in [1.82, 2.24) is 5.32 Å². The fourth-order valence-electron chi connectivity index (χ4n) is 3.09. The van der Waals surface area contributed by atoms with Crippen molar-refractivity contribution in [2.45, 2.75) is 50.7 Å². The first-order valence-corrected chi connectivity index (χ1v) is 10.0. The Balaban J connectivity index is 1.88. The molecule has 26 heavy (non-hydrogen) atoms. The molecule has 0 saturated heterocycles. The summed E-state index contributed by atoms with van der Waals surface area (Å²) < 4.78 is 62.6. The molecule has 0 spiro atoms. The highest BCUT2D eigenvalue weighted by Crippen LogP contribution is 2.34. The second-order valence-corrected chi connectivity index (χ2v) is 8.15. The third-order valence-corrected chi connectivity index (χ3v) is 5.14. The van der Waals surface area contributed by atoms with E-state index in [1.807, 2.05) is 6.07 Å². The lowest BCUT2D eigenvalue weighted by Gasteiger charge is -2.21. The summed E-state index contributed by atoms with van der Waals surface area (Å²) >= 11 is 0. The van der Waals surface area contributed by atoms with Crippen LogP contribution in [0.3, 0.4) is 0 Å². The van der Waals surface area contributed by atoms with Crippen LogP contribution in [0.5, 0.6) is 0 Å². The van der Waals surface area contributed by atoms with Gasteiger partial charge in [-0.15, -0.1) is 0 Å². The van der Waals surface area contributed by atoms with E-state index in [0.29, 0.717) is 0 Å². The predicted octanol–water partition coefficient (Wildman–Crippen LogP) is 3.04. The minimum absolute atomic E-state index is 0.0320. The van der Waals surface area contributed by atoms with Gasteiger partial charge in [-0.3, -0.25) is 4.55 Å². The summed E-state index contributed by atoms with van der Waals surface area (Å²) in [6.45, 7) is 0.0419. The lowest BCUT2D eigenvalue weighted by atomic mass is 9.97. The average molecular weight is 391 g/mol. The van der Waals surface area contributed by atoms with E-state index < -0.39 is 40.3 Å². The Morgan fingerprint density at radius 1 is 1.23 bits per heavy atom. The lowest BCUT2D eigenvalue weighted by Crippen LogP contribution is -2.37. The minimum Gasteiger partial charge on any atom is -0.445 e. The number of carbonyl (C=O) groups is 1. The van der Waals surface area contributed by atoms with Crippen molar-refractivity contribution in [3.8, 4) is 0 Å². The van der Waals surface area contributed by atoms with Gasteiger partial charge >= 0.3 is 6.09 Å². The highest BCUT2D eigenvalue weighted by atomic mass is 32.2. The number of alkyl halides is 2. The first-order chi connectivity index (χ1) is 12.2. The number of hydrogen-bond donors (Lipinski definition) is 2. The predicted molar refractivity (Wildman–Crippen MR) is 91.7 cm³/mol. The summed E-state index contributed by atoms with van der Waals surface area (Å²) in [5.41, 5.74) is 0.786. The van der Waals surface area contributed by atoms with Crippen LogP contribution >= 0.6 is 0 Å². The molecule has 2 N–H and O–H groups in total. The number of ether oxygens (including phenoxy) is 1. The third kappa shape index (κ3) is 7.25. The van der Waals surface area contributed by atoms with E-state index in [0.717, 1.165) is 5.56 Å². The monoisotopic (exact) mass is 391 g/mol. The van der Waals surface area contributed by atoms with Crippen molar-refractivity contribution < 1.29 is 31.3 Å². The zero-order valence-electron chi connectivity index (χ0n) is 14.2. The van der Waals surface area contributed by atoms with Gasteiger partial charge in [-0.25, -0.2) is 13.6 Å². The molecule has 0 bridgehead atoms. The number of benzene rings is 1. The van der Waals surface area contributed by atoms with Gasteiger partial charge in [0.25, 0.3) is 10.1 Å². The maximum Gasteiger partial charge on any atom is 0.407 e. The first kappa shape index (κ1) is 20.6. The number of halogens is 2. The second kappa shape index (κ2) is 9.27. The van der Waals surface area contributed by atoms with E-state index in [1.165, 1.54) is 0 Å². The molecule has 146 valence electrons. The maximum atomic E-state index is 13.3. The molecule has 1 aliphatic rings. The Labute approximate surface area is 151 Å². The summed E-state index contributed by atoms with van der Waals surface area (Å²) in [7, 11) is -4.21. The van der Waals surface area contributed by atoms with Crippen LogP contribution in [0.25, 0.3) is 0 Å². The zero-order valence-corrected chi connectivity index (χ0v) is 15.0. The lowest BCUT2D eigenvalue weighted by molar-refractivity contribution is 0.133. The molecule has 1 amide bonds. The van der Waals surface area contributed by atoms with Crippen LogP contribution in [-0.4, -0.2) is 43.2 Å². The standard InChI is InChI=1S/C17H23F2NO5S/c18-15-9-13(10-16(15)19)8-14(6-7-26(22,23)24)20-17(21)25-11-12-4-2-1-3-5-12/h1-5,13-16H,6-11H2,(H,20,21)(H,22,23,24)/t13?,14-,15-,16+/m1/s1. The van der Waals surface area contributed by atoms with Crippen LogP contribution in [0.2, 0.25) is 0 Å². The molecule has 0 aliphatic heterocycles. The van der Waals surface area contributed by atoms with Crippen LogP contribution in [-0.2, 0) is 21.5 Å². The molecular formula is C17H23F2NO5S. The van der Waals surface area contributed by atoms with Gasteiger partial charge in [-0.05, 0) is 37.2 Å². The van der Waals surface area contributed by atoms with Crippen LogP contribution in [0, 0.1) is 5.92 Å². The fourth-order valence-corrected chi connectivity index (χ4v) is 3.68. The second-order valence-electron chi connectivity index (χ2n) is 6.58. The smallest absolute Gasteiger partial charge is 0.407 e. The molecule has 1 unspecified atom stereocenters. The van der Waals surface area contributed by atoms with E-state index >= 15 is 0 Å². The normalized spacial score (nSPS) is 24.2. The van der Waals surface area contributed by atoms with Gasteiger partial charge in [-0.2, -0.15) is 8.42 Å².